The fourth-order valence-electron chi connectivity index (χ4n) is 2.68. The SMILES string of the molecule is FC(F)(F)c1nc2ccccc2n2c(-c3ccccc3)cnc12. The maximum absolute atomic E-state index is 13.3. The van der Waals surface area contributed by atoms with Crippen LogP contribution < -0.4 is 0 Å². The third-order valence-electron chi connectivity index (χ3n) is 3.67. The van der Waals surface area contributed by atoms with Gasteiger partial charge in [-0.2, -0.15) is 13.2 Å². The van der Waals surface area contributed by atoms with Gasteiger partial charge in [0.2, 0.25) is 0 Å². The minimum absolute atomic E-state index is 0.185. The second kappa shape index (κ2) is 4.81. The first-order valence-corrected chi connectivity index (χ1v) is 6.94. The lowest BCUT2D eigenvalue weighted by molar-refractivity contribution is -0.139. The molecule has 0 amide bonds. The number of benzene rings is 2. The molecule has 0 spiro atoms. The Hall–Kier alpha value is -2.89. The van der Waals surface area contributed by atoms with Crippen LogP contribution in [0.4, 0.5) is 13.2 Å². The number of imidazole rings is 1. The zero-order chi connectivity index (χ0) is 16.0. The van der Waals surface area contributed by atoms with Crippen molar-refractivity contribution in [2.75, 3.05) is 0 Å². The molecule has 0 aliphatic carbocycles. The van der Waals surface area contributed by atoms with Gasteiger partial charge in [0.25, 0.3) is 0 Å². The molecule has 4 rings (SSSR count). The molecule has 0 atom stereocenters. The summed E-state index contributed by atoms with van der Waals surface area (Å²) in [5.74, 6) is 0. The summed E-state index contributed by atoms with van der Waals surface area (Å²) < 4.78 is 41.5. The van der Waals surface area contributed by atoms with Crippen molar-refractivity contribution in [3.63, 3.8) is 0 Å². The molecule has 0 bridgehead atoms. The Labute approximate surface area is 129 Å². The summed E-state index contributed by atoms with van der Waals surface area (Å²) in [7, 11) is 0. The first-order valence-electron chi connectivity index (χ1n) is 6.94. The van der Waals surface area contributed by atoms with Crippen LogP contribution in [0.5, 0.6) is 0 Å². The van der Waals surface area contributed by atoms with E-state index in [1.54, 1.807) is 24.3 Å². The predicted octanol–water partition coefficient (Wildman–Crippen LogP) is 4.57. The van der Waals surface area contributed by atoms with Gasteiger partial charge < -0.3 is 0 Å². The van der Waals surface area contributed by atoms with Crippen LogP contribution in [0, 0.1) is 0 Å². The number of aromatic nitrogens is 3. The number of alkyl halides is 3. The molecule has 0 saturated heterocycles. The quantitative estimate of drug-likeness (QED) is 0.515. The summed E-state index contributed by atoms with van der Waals surface area (Å²) in [4.78, 5) is 7.77. The minimum atomic E-state index is -4.56. The summed E-state index contributed by atoms with van der Waals surface area (Å²) in [6.45, 7) is 0. The van der Waals surface area contributed by atoms with Crippen molar-refractivity contribution in [2.45, 2.75) is 6.18 Å². The number of halogens is 3. The second-order valence-corrected chi connectivity index (χ2v) is 5.12. The van der Waals surface area contributed by atoms with Gasteiger partial charge in [0.1, 0.15) is 0 Å². The van der Waals surface area contributed by atoms with E-state index in [9.17, 15) is 13.2 Å². The van der Waals surface area contributed by atoms with Crippen molar-refractivity contribution in [2.24, 2.45) is 0 Å². The van der Waals surface area contributed by atoms with E-state index in [1.807, 2.05) is 30.3 Å². The van der Waals surface area contributed by atoms with Crippen LogP contribution in [0.2, 0.25) is 0 Å². The van der Waals surface area contributed by atoms with Crippen LogP contribution in [0.3, 0.4) is 0 Å². The summed E-state index contributed by atoms with van der Waals surface area (Å²) in [5, 5.41) is 0. The third kappa shape index (κ3) is 2.14. The van der Waals surface area contributed by atoms with Gasteiger partial charge in [-0.05, 0) is 12.1 Å². The number of para-hydroxylation sites is 2. The zero-order valence-electron chi connectivity index (χ0n) is 11.7. The molecule has 2 aromatic carbocycles. The molecule has 0 saturated carbocycles. The highest BCUT2D eigenvalue weighted by Gasteiger charge is 2.37. The lowest BCUT2D eigenvalue weighted by Crippen LogP contribution is -2.11. The van der Waals surface area contributed by atoms with Crippen LogP contribution in [0.1, 0.15) is 5.69 Å². The van der Waals surface area contributed by atoms with Crippen LogP contribution >= 0.6 is 0 Å². The van der Waals surface area contributed by atoms with Crippen LogP contribution in [0.25, 0.3) is 27.9 Å². The highest BCUT2D eigenvalue weighted by Crippen LogP contribution is 2.34. The molecule has 2 aromatic heterocycles. The number of nitrogens with zero attached hydrogens (tertiary/aromatic N) is 3. The normalized spacial score (nSPS) is 12.1. The van der Waals surface area contributed by atoms with Crippen molar-refractivity contribution in [3.05, 3.63) is 66.5 Å². The average Bonchev–Trinajstić information content (AvgIpc) is 2.99. The Balaban J connectivity index is 2.18. The highest BCUT2D eigenvalue weighted by molar-refractivity contribution is 5.82. The molecular weight excluding hydrogens is 303 g/mol. The molecule has 3 nitrogen and oxygen atoms in total. The molecule has 6 heteroatoms. The Morgan fingerprint density at radius 2 is 1.57 bits per heavy atom. The van der Waals surface area contributed by atoms with Crippen molar-refractivity contribution in [1.82, 2.24) is 14.4 Å². The van der Waals surface area contributed by atoms with E-state index in [2.05, 4.69) is 9.97 Å². The summed E-state index contributed by atoms with van der Waals surface area (Å²) >= 11 is 0. The minimum Gasteiger partial charge on any atom is -0.289 e. The molecular formula is C17H10F3N3. The predicted molar refractivity (Wildman–Crippen MR) is 80.9 cm³/mol. The van der Waals surface area contributed by atoms with Gasteiger partial charge in [-0.15, -0.1) is 0 Å². The van der Waals surface area contributed by atoms with Gasteiger partial charge in [0, 0.05) is 5.56 Å². The molecule has 2 heterocycles. The Morgan fingerprint density at radius 1 is 0.870 bits per heavy atom. The van der Waals surface area contributed by atoms with E-state index in [0.717, 1.165) is 5.56 Å². The van der Waals surface area contributed by atoms with E-state index >= 15 is 0 Å². The van der Waals surface area contributed by atoms with Crippen molar-refractivity contribution >= 4 is 16.7 Å². The topological polar surface area (TPSA) is 30.2 Å². The lowest BCUT2D eigenvalue weighted by Gasteiger charge is -2.11. The average molecular weight is 313 g/mol. The van der Waals surface area contributed by atoms with E-state index in [-0.39, 0.29) is 11.2 Å². The van der Waals surface area contributed by atoms with Crippen molar-refractivity contribution < 1.29 is 13.2 Å². The fraction of sp³-hybridized carbons (Fsp3) is 0.0588. The highest BCUT2D eigenvalue weighted by atomic mass is 19.4. The first-order chi connectivity index (χ1) is 11.1. The van der Waals surface area contributed by atoms with Crippen molar-refractivity contribution in [1.29, 1.82) is 0 Å². The molecule has 0 unspecified atom stereocenters. The van der Waals surface area contributed by atoms with Gasteiger partial charge >= 0.3 is 6.18 Å². The third-order valence-corrected chi connectivity index (χ3v) is 3.67. The molecule has 23 heavy (non-hydrogen) atoms. The first kappa shape index (κ1) is 13.8. The Bertz CT molecular complexity index is 1000. The number of rotatable bonds is 1. The maximum Gasteiger partial charge on any atom is 0.437 e. The van der Waals surface area contributed by atoms with Gasteiger partial charge in [-0.3, -0.25) is 4.40 Å². The number of fused-ring (bicyclic) bond motifs is 3. The van der Waals surface area contributed by atoms with Crippen LogP contribution in [0.15, 0.2) is 60.8 Å². The Kier molecular flexibility index (Phi) is 2.87. The molecule has 0 N–H and O–H groups in total. The van der Waals surface area contributed by atoms with Crippen molar-refractivity contribution in [3.8, 4) is 11.3 Å². The molecule has 0 radical (unpaired) electrons. The molecule has 0 aliphatic heterocycles. The largest absolute Gasteiger partial charge is 0.437 e. The second-order valence-electron chi connectivity index (χ2n) is 5.12. The summed E-state index contributed by atoms with van der Waals surface area (Å²) in [5.41, 5.74) is 1.11. The zero-order valence-corrected chi connectivity index (χ0v) is 11.7. The smallest absolute Gasteiger partial charge is 0.289 e. The maximum atomic E-state index is 13.3. The summed E-state index contributed by atoms with van der Waals surface area (Å²) in [6, 6.07) is 15.9. The molecule has 4 aromatic rings. The van der Waals surface area contributed by atoms with Crippen LogP contribution in [-0.4, -0.2) is 14.4 Å². The monoisotopic (exact) mass is 313 g/mol. The number of hydrogen-bond acceptors (Lipinski definition) is 2. The molecule has 0 fully saturated rings. The lowest BCUT2D eigenvalue weighted by atomic mass is 10.1. The van der Waals surface area contributed by atoms with E-state index in [4.69, 9.17) is 0 Å². The van der Waals surface area contributed by atoms with Gasteiger partial charge in [0.15, 0.2) is 11.3 Å². The molecule has 114 valence electrons. The Morgan fingerprint density at radius 3 is 2.30 bits per heavy atom. The van der Waals surface area contributed by atoms with Gasteiger partial charge in [-0.25, -0.2) is 9.97 Å². The van der Waals surface area contributed by atoms with E-state index in [0.29, 0.717) is 11.2 Å². The van der Waals surface area contributed by atoms with E-state index in [1.165, 1.54) is 10.6 Å². The molecule has 0 aliphatic rings. The van der Waals surface area contributed by atoms with Crippen LogP contribution in [-0.2, 0) is 6.18 Å². The number of hydrogen-bond donors (Lipinski definition) is 0. The standard InChI is InChI=1S/C17H10F3N3/c18-17(19,20)15-16-21-10-14(11-6-2-1-3-7-11)23(16)13-9-5-4-8-12(13)22-15/h1-10H. The van der Waals surface area contributed by atoms with E-state index < -0.39 is 11.9 Å². The van der Waals surface area contributed by atoms with Gasteiger partial charge in [0.05, 0.1) is 22.9 Å². The summed E-state index contributed by atoms with van der Waals surface area (Å²) in [6.07, 6.45) is -3.11. The fourth-order valence-corrected chi connectivity index (χ4v) is 2.68. The van der Waals surface area contributed by atoms with Gasteiger partial charge in [-0.1, -0.05) is 42.5 Å².